The standard InChI is InChI=1S/C15H22ClN3O2/c1-2-17-14-10-11(9-13(16)19-14)15(20)18-7-8-21-12-5-3-4-6-12/h9-10,12H,2-8H2,1H3,(H,17,19)(H,18,20). The van der Waals surface area contributed by atoms with Crippen molar-refractivity contribution >= 4 is 23.3 Å². The predicted molar refractivity (Wildman–Crippen MR) is 84.0 cm³/mol. The lowest BCUT2D eigenvalue weighted by molar-refractivity contribution is 0.0582. The second-order valence-electron chi connectivity index (χ2n) is 5.13. The van der Waals surface area contributed by atoms with Gasteiger partial charge in [0.25, 0.3) is 5.91 Å². The Balaban J connectivity index is 1.79. The first-order valence-corrected chi connectivity index (χ1v) is 7.88. The van der Waals surface area contributed by atoms with Crippen LogP contribution in [0.25, 0.3) is 0 Å². The monoisotopic (exact) mass is 311 g/mol. The van der Waals surface area contributed by atoms with Crippen LogP contribution in [-0.2, 0) is 4.74 Å². The number of carbonyl (C=O) groups excluding carboxylic acids is 1. The number of anilines is 1. The Bertz CT molecular complexity index is 476. The highest BCUT2D eigenvalue weighted by atomic mass is 35.5. The smallest absolute Gasteiger partial charge is 0.251 e. The average molecular weight is 312 g/mol. The van der Waals surface area contributed by atoms with Crippen LogP contribution >= 0.6 is 11.6 Å². The van der Waals surface area contributed by atoms with Crippen LogP contribution in [-0.4, -0.2) is 36.7 Å². The van der Waals surface area contributed by atoms with Crippen molar-refractivity contribution < 1.29 is 9.53 Å². The number of nitrogens with one attached hydrogen (secondary N) is 2. The Kier molecular flexibility index (Phi) is 6.26. The van der Waals surface area contributed by atoms with E-state index in [1.54, 1.807) is 12.1 Å². The summed E-state index contributed by atoms with van der Waals surface area (Å²) < 4.78 is 5.71. The zero-order chi connectivity index (χ0) is 15.1. The van der Waals surface area contributed by atoms with Gasteiger partial charge >= 0.3 is 0 Å². The highest BCUT2D eigenvalue weighted by molar-refractivity contribution is 6.29. The third-order valence-electron chi connectivity index (χ3n) is 3.46. The van der Waals surface area contributed by atoms with Gasteiger partial charge in [0, 0.05) is 18.7 Å². The van der Waals surface area contributed by atoms with E-state index in [2.05, 4.69) is 15.6 Å². The predicted octanol–water partition coefficient (Wildman–Crippen LogP) is 2.86. The molecule has 1 aliphatic rings. The van der Waals surface area contributed by atoms with Crippen molar-refractivity contribution in [2.24, 2.45) is 0 Å². The highest BCUT2D eigenvalue weighted by Gasteiger charge is 2.15. The molecule has 0 unspecified atom stereocenters. The van der Waals surface area contributed by atoms with Crippen molar-refractivity contribution in [3.05, 3.63) is 22.8 Å². The van der Waals surface area contributed by atoms with E-state index in [1.807, 2.05) is 6.92 Å². The summed E-state index contributed by atoms with van der Waals surface area (Å²) in [5, 5.41) is 6.20. The van der Waals surface area contributed by atoms with Crippen molar-refractivity contribution in [3.63, 3.8) is 0 Å². The first kappa shape index (κ1) is 16.0. The van der Waals surface area contributed by atoms with Crippen LogP contribution in [0.1, 0.15) is 43.0 Å². The summed E-state index contributed by atoms with van der Waals surface area (Å²) >= 11 is 5.92. The molecule has 1 aliphatic carbocycles. The molecule has 21 heavy (non-hydrogen) atoms. The van der Waals surface area contributed by atoms with Crippen LogP contribution in [0.2, 0.25) is 5.15 Å². The van der Waals surface area contributed by atoms with Crippen LogP contribution in [0.5, 0.6) is 0 Å². The number of carbonyl (C=O) groups is 1. The topological polar surface area (TPSA) is 63.2 Å². The Labute approximate surface area is 130 Å². The zero-order valence-electron chi connectivity index (χ0n) is 12.3. The number of hydrogen-bond donors (Lipinski definition) is 2. The molecule has 0 saturated heterocycles. The normalized spacial score (nSPS) is 15.1. The molecule has 1 fully saturated rings. The number of ether oxygens (including phenoxy) is 1. The molecule has 116 valence electrons. The first-order chi connectivity index (χ1) is 10.2. The van der Waals surface area contributed by atoms with Gasteiger partial charge in [-0.15, -0.1) is 0 Å². The van der Waals surface area contributed by atoms with E-state index in [9.17, 15) is 4.79 Å². The molecule has 0 spiro atoms. The average Bonchev–Trinajstić information content (AvgIpc) is 2.96. The van der Waals surface area contributed by atoms with Crippen LogP contribution in [0.15, 0.2) is 12.1 Å². The van der Waals surface area contributed by atoms with Gasteiger partial charge < -0.3 is 15.4 Å². The summed E-state index contributed by atoms with van der Waals surface area (Å²) in [6.45, 7) is 3.74. The molecule has 1 amide bonds. The fourth-order valence-electron chi connectivity index (χ4n) is 2.45. The molecule has 0 bridgehead atoms. The lowest BCUT2D eigenvalue weighted by atomic mass is 10.2. The number of rotatable bonds is 7. The van der Waals surface area contributed by atoms with Crippen LogP contribution in [0, 0.1) is 0 Å². The van der Waals surface area contributed by atoms with E-state index in [0.29, 0.717) is 35.8 Å². The summed E-state index contributed by atoms with van der Waals surface area (Å²) in [6.07, 6.45) is 5.15. The summed E-state index contributed by atoms with van der Waals surface area (Å²) in [7, 11) is 0. The van der Waals surface area contributed by atoms with Gasteiger partial charge in [0.05, 0.1) is 12.7 Å². The maximum Gasteiger partial charge on any atom is 0.251 e. The summed E-state index contributed by atoms with van der Waals surface area (Å²) in [5.74, 6) is 0.450. The Hall–Kier alpha value is -1.33. The molecule has 1 heterocycles. The van der Waals surface area contributed by atoms with E-state index >= 15 is 0 Å². The molecule has 1 saturated carbocycles. The molecule has 1 aromatic rings. The second kappa shape index (κ2) is 8.20. The third kappa shape index (κ3) is 5.17. The van der Waals surface area contributed by atoms with Crippen molar-refractivity contribution in [3.8, 4) is 0 Å². The number of pyridine rings is 1. The van der Waals surface area contributed by atoms with E-state index in [1.165, 1.54) is 12.8 Å². The minimum absolute atomic E-state index is 0.159. The molecule has 2 N–H and O–H groups in total. The molecule has 1 aromatic heterocycles. The number of aromatic nitrogens is 1. The number of hydrogen-bond acceptors (Lipinski definition) is 4. The minimum atomic E-state index is -0.159. The maximum absolute atomic E-state index is 12.1. The minimum Gasteiger partial charge on any atom is -0.376 e. The van der Waals surface area contributed by atoms with Gasteiger partial charge in [0.15, 0.2) is 0 Å². The van der Waals surface area contributed by atoms with Crippen molar-refractivity contribution in [1.29, 1.82) is 0 Å². The SMILES string of the molecule is CCNc1cc(C(=O)NCCOC2CCCC2)cc(Cl)n1. The molecule has 0 radical (unpaired) electrons. The molecular weight excluding hydrogens is 290 g/mol. The number of nitrogens with zero attached hydrogens (tertiary/aromatic N) is 1. The summed E-state index contributed by atoms with van der Waals surface area (Å²) in [5.41, 5.74) is 0.506. The Morgan fingerprint density at radius 2 is 2.19 bits per heavy atom. The largest absolute Gasteiger partial charge is 0.376 e. The quantitative estimate of drug-likeness (QED) is 0.600. The van der Waals surface area contributed by atoms with Crippen LogP contribution in [0.4, 0.5) is 5.82 Å². The van der Waals surface area contributed by atoms with Crippen molar-refractivity contribution in [2.45, 2.75) is 38.7 Å². The lowest BCUT2D eigenvalue weighted by Gasteiger charge is -2.12. The second-order valence-corrected chi connectivity index (χ2v) is 5.51. The molecule has 6 heteroatoms. The van der Waals surface area contributed by atoms with E-state index in [4.69, 9.17) is 16.3 Å². The third-order valence-corrected chi connectivity index (χ3v) is 3.65. The highest BCUT2D eigenvalue weighted by Crippen LogP contribution is 2.20. The van der Waals surface area contributed by atoms with Crippen LogP contribution in [0.3, 0.4) is 0 Å². The zero-order valence-corrected chi connectivity index (χ0v) is 13.1. The molecule has 5 nitrogen and oxygen atoms in total. The molecule has 0 aliphatic heterocycles. The van der Waals surface area contributed by atoms with Gasteiger partial charge in [0.2, 0.25) is 0 Å². The van der Waals surface area contributed by atoms with Crippen molar-refractivity contribution in [1.82, 2.24) is 10.3 Å². The van der Waals surface area contributed by atoms with Gasteiger partial charge in [-0.25, -0.2) is 4.98 Å². The maximum atomic E-state index is 12.1. The fourth-order valence-corrected chi connectivity index (χ4v) is 2.66. The van der Waals surface area contributed by atoms with Gasteiger partial charge in [-0.05, 0) is 31.9 Å². The van der Waals surface area contributed by atoms with Gasteiger partial charge in [-0.2, -0.15) is 0 Å². The molecule has 2 rings (SSSR count). The van der Waals surface area contributed by atoms with E-state index in [0.717, 1.165) is 19.4 Å². The van der Waals surface area contributed by atoms with Gasteiger partial charge in [-0.3, -0.25) is 4.79 Å². The Morgan fingerprint density at radius 1 is 1.43 bits per heavy atom. The summed E-state index contributed by atoms with van der Waals surface area (Å²) in [4.78, 5) is 16.2. The lowest BCUT2D eigenvalue weighted by Crippen LogP contribution is -2.28. The first-order valence-electron chi connectivity index (χ1n) is 7.50. The molecule has 0 aromatic carbocycles. The van der Waals surface area contributed by atoms with Crippen LogP contribution < -0.4 is 10.6 Å². The van der Waals surface area contributed by atoms with Gasteiger partial charge in [0.1, 0.15) is 11.0 Å². The van der Waals surface area contributed by atoms with E-state index in [-0.39, 0.29) is 5.91 Å². The van der Waals surface area contributed by atoms with Gasteiger partial charge in [-0.1, -0.05) is 24.4 Å². The summed E-state index contributed by atoms with van der Waals surface area (Å²) in [6, 6.07) is 3.26. The fraction of sp³-hybridized carbons (Fsp3) is 0.600. The number of halogens is 1. The van der Waals surface area contributed by atoms with Crippen molar-refractivity contribution in [2.75, 3.05) is 25.0 Å². The Morgan fingerprint density at radius 3 is 2.90 bits per heavy atom. The van der Waals surface area contributed by atoms with E-state index < -0.39 is 0 Å². The number of amides is 1. The molecule has 0 atom stereocenters. The molecular formula is C15H22ClN3O2.